The zero-order chi connectivity index (χ0) is 29.7. The Morgan fingerprint density at radius 2 is 1.40 bits per heavy atom. The SMILES string of the molecule is CN(C)c1nc(NC2CCC(NCC(CCCCNCc3ccccc3)NCc3ccccc3)CC2)nc2ccccc12. The maximum atomic E-state index is 4.86. The molecular weight excluding hydrogens is 530 g/mol. The molecule has 5 rings (SSSR count). The Morgan fingerprint density at radius 3 is 2.12 bits per heavy atom. The quantitative estimate of drug-likeness (QED) is 0.119. The fourth-order valence-corrected chi connectivity index (χ4v) is 6.00. The number of aromatic nitrogens is 2. The van der Waals surface area contributed by atoms with Gasteiger partial charge in [0.2, 0.25) is 5.95 Å². The van der Waals surface area contributed by atoms with Crippen LogP contribution in [0.1, 0.15) is 56.1 Å². The van der Waals surface area contributed by atoms with E-state index >= 15 is 0 Å². The van der Waals surface area contributed by atoms with Crippen LogP contribution in [0.25, 0.3) is 10.9 Å². The first kappa shape index (κ1) is 30.9. The zero-order valence-electron chi connectivity index (χ0n) is 25.9. The summed E-state index contributed by atoms with van der Waals surface area (Å²) in [7, 11) is 4.08. The van der Waals surface area contributed by atoms with Gasteiger partial charge < -0.3 is 26.2 Å². The van der Waals surface area contributed by atoms with Crippen molar-refractivity contribution >= 4 is 22.7 Å². The summed E-state index contributed by atoms with van der Waals surface area (Å²) in [5.41, 5.74) is 3.68. The van der Waals surface area contributed by atoms with Crippen molar-refractivity contribution in [3.05, 3.63) is 96.1 Å². The van der Waals surface area contributed by atoms with Gasteiger partial charge in [-0.05, 0) is 68.3 Å². The van der Waals surface area contributed by atoms with Gasteiger partial charge in [-0.1, -0.05) is 79.2 Å². The summed E-state index contributed by atoms with van der Waals surface area (Å²) in [5, 5.41) is 16.1. The molecule has 1 atom stereocenters. The van der Waals surface area contributed by atoms with E-state index in [4.69, 9.17) is 9.97 Å². The first-order valence-electron chi connectivity index (χ1n) is 16.1. The monoisotopic (exact) mass is 579 g/mol. The summed E-state index contributed by atoms with van der Waals surface area (Å²) in [6.07, 6.45) is 8.17. The van der Waals surface area contributed by atoms with E-state index in [1.54, 1.807) is 0 Å². The van der Waals surface area contributed by atoms with Crippen LogP contribution in [0.15, 0.2) is 84.9 Å². The standard InChI is InChI=1S/C36H49N7/c1-43(2)35-33-18-9-10-19-34(33)41-36(42-35)40-31-22-20-30(21-23-31)39-27-32(38-26-29-15-7-4-8-16-29)17-11-12-24-37-25-28-13-5-3-6-14-28/h3-10,13-16,18-19,30-32,37-39H,11-12,17,20-27H2,1-2H3,(H,40,41,42). The third kappa shape index (κ3) is 9.75. The summed E-state index contributed by atoms with van der Waals surface area (Å²) in [5.74, 6) is 1.70. The van der Waals surface area contributed by atoms with Gasteiger partial charge in [-0.3, -0.25) is 0 Å². The predicted octanol–water partition coefficient (Wildman–Crippen LogP) is 6.13. The number of unbranched alkanes of at least 4 members (excludes halogenated alkanes) is 1. The van der Waals surface area contributed by atoms with Gasteiger partial charge in [-0.25, -0.2) is 4.98 Å². The fraction of sp³-hybridized carbons (Fsp3) is 0.444. The van der Waals surface area contributed by atoms with Crippen LogP contribution >= 0.6 is 0 Å². The minimum Gasteiger partial charge on any atom is -0.362 e. The van der Waals surface area contributed by atoms with E-state index in [1.807, 2.05) is 26.2 Å². The summed E-state index contributed by atoms with van der Waals surface area (Å²) in [4.78, 5) is 11.7. The zero-order valence-corrected chi connectivity index (χ0v) is 25.9. The first-order chi connectivity index (χ1) is 21.1. The smallest absolute Gasteiger partial charge is 0.225 e. The summed E-state index contributed by atoms with van der Waals surface area (Å²) in [6.45, 7) is 3.92. The number of anilines is 2. The van der Waals surface area contributed by atoms with Gasteiger partial charge in [-0.15, -0.1) is 0 Å². The second-order valence-corrected chi connectivity index (χ2v) is 12.1. The lowest BCUT2D eigenvalue weighted by molar-refractivity contribution is 0.328. The number of hydrogen-bond acceptors (Lipinski definition) is 7. The Morgan fingerprint density at radius 1 is 0.744 bits per heavy atom. The van der Waals surface area contributed by atoms with Crippen molar-refractivity contribution in [1.29, 1.82) is 0 Å². The minimum absolute atomic E-state index is 0.407. The summed E-state index contributed by atoms with van der Waals surface area (Å²) in [6, 6.07) is 31.1. The van der Waals surface area contributed by atoms with E-state index < -0.39 is 0 Å². The maximum absolute atomic E-state index is 4.86. The molecule has 228 valence electrons. The lowest BCUT2D eigenvalue weighted by atomic mass is 9.91. The highest BCUT2D eigenvalue weighted by atomic mass is 15.2. The third-order valence-corrected chi connectivity index (χ3v) is 8.49. The Kier molecular flexibility index (Phi) is 11.8. The van der Waals surface area contributed by atoms with Crippen LogP contribution in [0.2, 0.25) is 0 Å². The molecule has 7 heteroatoms. The first-order valence-corrected chi connectivity index (χ1v) is 16.1. The van der Waals surface area contributed by atoms with Gasteiger partial charge in [-0.2, -0.15) is 4.98 Å². The molecule has 43 heavy (non-hydrogen) atoms. The second kappa shape index (κ2) is 16.4. The van der Waals surface area contributed by atoms with Crippen molar-refractivity contribution in [2.45, 2.75) is 76.2 Å². The minimum atomic E-state index is 0.407. The number of benzene rings is 3. The highest BCUT2D eigenvalue weighted by Crippen LogP contribution is 2.26. The molecule has 4 aromatic rings. The lowest BCUT2D eigenvalue weighted by Gasteiger charge is -2.31. The molecule has 1 saturated carbocycles. The molecule has 1 heterocycles. The molecule has 0 aliphatic heterocycles. The van der Waals surface area contributed by atoms with Crippen molar-refractivity contribution in [1.82, 2.24) is 25.9 Å². The van der Waals surface area contributed by atoms with Crippen LogP contribution in [0, 0.1) is 0 Å². The molecule has 0 spiro atoms. The van der Waals surface area contributed by atoms with Gasteiger partial charge >= 0.3 is 0 Å². The van der Waals surface area contributed by atoms with Crippen molar-refractivity contribution < 1.29 is 0 Å². The van der Waals surface area contributed by atoms with Crippen LogP contribution in [0.5, 0.6) is 0 Å². The van der Waals surface area contributed by atoms with Crippen molar-refractivity contribution in [3.8, 4) is 0 Å². The number of para-hydroxylation sites is 1. The average Bonchev–Trinajstić information content (AvgIpc) is 3.04. The molecule has 0 radical (unpaired) electrons. The largest absolute Gasteiger partial charge is 0.362 e. The van der Waals surface area contributed by atoms with Crippen LogP contribution in [-0.4, -0.2) is 55.3 Å². The number of fused-ring (bicyclic) bond motifs is 1. The maximum Gasteiger partial charge on any atom is 0.225 e. The third-order valence-electron chi connectivity index (χ3n) is 8.49. The second-order valence-electron chi connectivity index (χ2n) is 12.1. The molecule has 1 aliphatic rings. The number of nitrogens with zero attached hydrogens (tertiary/aromatic N) is 3. The summed E-state index contributed by atoms with van der Waals surface area (Å²) >= 11 is 0. The summed E-state index contributed by atoms with van der Waals surface area (Å²) < 4.78 is 0. The molecule has 0 amide bonds. The number of nitrogens with one attached hydrogen (secondary N) is 4. The molecule has 1 aromatic heterocycles. The highest BCUT2D eigenvalue weighted by Gasteiger charge is 2.23. The number of rotatable bonds is 16. The van der Waals surface area contributed by atoms with Crippen LogP contribution in [0.4, 0.5) is 11.8 Å². The Hall–Kier alpha value is -3.52. The molecule has 1 unspecified atom stereocenters. The molecule has 0 bridgehead atoms. The van der Waals surface area contributed by atoms with Gasteiger partial charge in [0.15, 0.2) is 0 Å². The van der Waals surface area contributed by atoms with E-state index in [9.17, 15) is 0 Å². The van der Waals surface area contributed by atoms with Crippen molar-refractivity contribution in [2.24, 2.45) is 0 Å². The average molecular weight is 580 g/mol. The van der Waals surface area contributed by atoms with Gasteiger partial charge in [0.25, 0.3) is 0 Å². The van der Waals surface area contributed by atoms with Crippen molar-refractivity contribution in [2.75, 3.05) is 37.4 Å². The molecule has 0 saturated heterocycles. The predicted molar refractivity (Wildman–Crippen MR) is 181 cm³/mol. The van der Waals surface area contributed by atoms with E-state index in [1.165, 1.54) is 43.2 Å². The molecule has 4 N–H and O–H groups in total. The number of hydrogen-bond donors (Lipinski definition) is 4. The normalized spacial score (nSPS) is 17.5. The fourth-order valence-electron chi connectivity index (χ4n) is 6.00. The molecule has 7 nitrogen and oxygen atoms in total. The molecule has 1 aliphatic carbocycles. The topological polar surface area (TPSA) is 77.1 Å². The van der Waals surface area contributed by atoms with Gasteiger partial charge in [0.05, 0.1) is 5.52 Å². The Bertz CT molecular complexity index is 1350. The molecule has 3 aromatic carbocycles. The van der Waals surface area contributed by atoms with E-state index in [2.05, 4.69) is 99.0 Å². The molecular formula is C36H49N7. The lowest BCUT2D eigenvalue weighted by Crippen LogP contribution is -2.44. The molecule has 1 fully saturated rings. The highest BCUT2D eigenvalue weighted by molar-refractivity contribution is 5.90. The van der Waals surface area contributed by atoms with Crippen molar-refractivity contribution in [3.63, 3.8) is 0 Å². The van der Waals surface area contributed by atoms with Crippen LogP contribution in [0.3, 0.4) is 0 Å². The van der Waals surface area contributed by atoms with E-state index in [-0.39, 0.29) is 0 Å². The van der Waals surface area contributed by atoms with Gasteiger partial charge in [0.1, 0.15) is 5.82 Å². The Balaban J connectivity index is 1.06. The van der Waals surface area contributed by atoms with E-state index in [0.29, 0.717) is 18.1 Å². The van der Waals surface area contributed by atoms with E-state index in [0.717, 1.165) is 61.7 Å². The Labute approximate surface area is 257 Å². The van der Waals surface area contributed by atoms with Gasteiger partial charge in [0, 0.05) is 57.2 Å². The van der Waals surface area contributed by atoms with Crippen LogP contribution < -0.4 is 26.2 Å². The van der Waals surface area contributed by atoms with Crippen LogP contribution in [-0.2, 0) is 13.1 Å².